The standard InChI is InChI=1S/C10H13NO/c11-10(5-2-6-10)8-3-1-4-9(12)7-8/h1,3-4,7,12H,2,5-6,11H2. The van der Waals surface area contributed by atoms with Gasteiger partial charge in [0.2, 0.25) is 0 Å². The number of benzene rings is 1. The molecule has 3 N–H and O–H groups in total. The molecule has 0 saturated heterocycles. The summed E-state index contributed by atoms with van der Waals surface area (Å²) in [6.45, 7) is 0. The van der Waals surface area contributed by atoms with Gasteiger partial charge in [-0.1, -0.05) is 12.1 Å². The number of rotatable bonds is 1. The highest BCUT2D eigenvalue weighted by Gasteiger charge is 2.34. The van der Waals surface area contributed by atoms with Crippen molar-refractivity contribution in [2.24, 2.45) is 5.73 Å². The van der Waals surface area contributed by atoms with Gasteiger partial charge >= 0.3 is 0 Å². The van der Waals surface area contributed by atoms with E-state index in [0.717, 1.165) is 18.4 Å². The summed E-state index contributed by atoms with van der Waals surface area (Å²) in [7, 11) is 0. The first-order valence-corrected chi connectivity index (χ1v) is 4.29. The number of phenolic OH excluding ortho intramolecular Hbond substituents is 1. The summed E-state index contributed by atoms with van der Waals surface area (Å²) in [6.07, 6.45) is 3.28. The van der Waals surface area contributed by atoms with Gasteiger partial charge in [-0.25, -0.2) is 0 Å². The van der Waals surface area contributed by atoms with Crippen LogP contribution in [0.5, 0.6) is 5.75 Å². The van der Waals surface area contributed by atoms with Gasteiger partial charge in [-0.2, -0.15) is 0 Å². The first-order valence-electron chi connectivity index (χ1n) is 4.29. The molecule has 2 nitrogen and oxygen atoms in total. The summed E-state index contributed by atoms with van der Waals surface area (Å²) in [5.41, 5.74) is 6.99. The second-order valence-electron chi connectivity index (χ2n) is 3.56. The van der Waals surface area contributed by atoms with Crippen molar-refractivity contribution in [3.8, 4) is 5.75 Å². The molecule has 1 aromatic carbocycles. The molecular weight excluding hydrogens is 150 g/mol. The van der Waals surface area contributed by atoms with Crippen LogP contribution in [-0.4, -0.2) is 5.11 Å². The van der Waals surface area contributed by atoms with Crippen molar-refractivity contribution in [2.75, 3.05) is 0 Å². The minimum Gasteiger partial charge on any atom is -0.508 e. The van der Waals surface area contributed by atoms with Gasteiger partial charge in [0.1, 0.15) is 5.75 Å². The van der Waals surface area contributed by atoms with E-state index in [4.69, 9.17) is 5.73 Å². The molecule has 1 aromatic rings. The molecule has 1 fully saturated rings. The van der Waals surface area contributed by atoms with E-state index in [2.05, 4.69) is 0 Å². The normalized spacial score (nSPS) is 20.1. The van der Waals surface area contributed by atoms with E-state index >= 15 is 0 Å². The molecular formula is C10H13NO. The lowest BCUT2D eigenvalue weighted by molar-refractivity contribution is 0.253. The van der Waals surface area contributed by atoms with Crippen LogP contribution >= 0.6 is 0 Å². The molecule has 0 unspecified atom stereocenters. The SMILES string of the molecule is NC1(c2cccc(O)c2)CCC1. The molecule has 1 aliphatic rings. The van der Waals surface area contributed by atoms with Gasteiger partial charge < -0.3 is 10.8 Å². The summed E-state index contributed by atoms with van der Waals surface area (Å²) in [5, 5.41) is 9.24. The zero-order chi connectivity index (χ0) is 8.60. The number of hydrogen-bond donors (Lipinski definition) is 2. The van der Waals surface area contributed by atoms with Gasteiger partial charge in [0.15, 0.2) is 0 Å². The summed E-state index contributed by atoms with van der Waals surface area (Å²) in [5.74, 6) is 0.309. The second-order valence-corrected chi connectivity index (χ2v) is 3.56. The predicted molar refractivity (Wildman–Crippen MR) is 47.8 cm³/mol. The Morgan fingerprint density at radius 1 is 1.33 bits per heavy atom. The van der Waals surface area contributed by atoms with Crippen molar-refractivity contribution in [3.63, 3.8) is 0 Å². The Balaban J connectivity index is 2.33. The minimum atomic E-state index is -0.154. The van der Waals surface area contributed by atoms with Crippen molar-refractivity contribution in [1.29, 1.82) is 0 Å². The molecule has 0 heterocycles. The lowest BCUT2D eigenvalue weighted by atomic mass is 9.73. The Morgan fingerprint density at radius 3 is 2.58 bits per heavy atom. The third kappa shape index (κ3) is 1.08. The van der Waals surface area contributed by atoms with E-state index in [1.165, 1.54) is 6.42 Å². The highest BCUT2D eigenvalue weighted by Crippen LogP contribution is 2.39. The molecule has 1 aliphatic carbocycles. The Kier molecular flexibility index (Phi) is 1.58. The maximum absolute atomic E-state index is 9.24. The lowest BCUT2D eigenvalue weighted by Crippen LogP contribution is -2.43. The third-order valence-electron chi connectivity index (χ3n) is 2.67. The fraction of sp³-hybridized carbons (Fsp3) is 0.400. The average Bonchev–Trinajstić information content (AvgIpc) is 2.00. The van der Waals surface area contributed by atoms with Gasteiger partial charge in [0, 0.05) is 5.54 Å². The number of phenols is 1. The summed E-state index contributed by atoms with van der Waals surface area (Å²) in [6, 6.07) is 7.27. The molecule has 0 aliphatic heterocycles. The molecule has 0 atom stereocenters. The van der Waals surface area contributed by atoms with E-state index in [-0.39, 0.29) is 5.54 Å². The molecule has 64 valence electrons. The van der Waals surface area contributed by atoms with Gasteiger partial charge in [-0.3, -0.25) is 0 Å². The quantitative estimate of drug-likeness (QED) is 0.662. The molecule has 0 spiro atoms. The maximum Gasteiger partial charge on any atom is 0.115 e. The van der Waals surface area contributed by atoms with Crippen molar-refractivity contribution in [2.45, 2.75) is 24.8 Å². The fourth-order valence-electron chi connectivity index (χ4n) is 1.66. The second kappa shape index (κ2) is 2.49. The Morgan fingerprint density at radius 2 is 2.08 bits per heavy atom. The molecule has 2 heteroatoms. The minimum absolute atomic E-state index is 0.154. The monoisotopic (exact) mass is 163 g/mol. The highest BCUT2D eigenvalue weighted by molar-refractivity contribution is 5.33. The fourth-order valence-corrected chi connectivity index (χ4v) is 1.66. The molecule has 0 amide bonds. The van der Waals surface area contributed by atoms with Crippen LogP contribution in [-0.2, 0) is 5.54 Å². The Hall–Kier alpha value is -1.02. The first-order chi connectivity index (χ1) is 5.71. The molecule has 0 radical (unpaired) electrons. The van der Waals surface area contributed by atoms with E-state index < -0.39 is 0 Å². The van der Waals surface area contributed by atoms with Gasteiger partial charge in [-0.15, -0.1) is 0 Å². The summed E-state index contributed by atoms with van der Waals surface area (Å²) in [4.78, 5) is 0. The number of aromatic hydroxyl groups is 1. The average molecular weight is 163 g/mol. The van der Waals surface area contributed by atoms with Crippen LogP contribution in [0.1, 0.15) is 24.8 Å². The third-order valence-corrected chi connectivity index (χ3v) is 2.67. The van der Waals surface area contributed by atoms with E-state index in [9.17, 15) is 5.11 Å². The Labute approximate surface area is 72.0 Å². The zero-order valence-corrected chi connectivity index (χ0v) is 6.96. The van der Waals surface area contributed by atoms with Gasteiger partial charge in [0.05, 0.1) is 0 Å². The van der Waals surface area contributed by atoms with E-state index in [1.807, 2.05) is 12.1 Å². The van der Waals surface area contributed by atoms with E-state index in [1.54, 1.807) is 12.1 Å². The van der Waals surface area contributed by atoms with Gasteiger partial charge in [0.25, 0.3) is 0 Å². The van der Waals surface area contributed by atoms with Crippen LogP contribution in [0.3, 0.4) is 0 Å². The largest absolute Gasteiger partial charge is 0.508 e. The van der Waals surface area contributed by atoms with Crippen LogP contribution in [0.4, 0.5) is 0 Å². The Bertz CT molecular complexity index is 292. The predicted octanol–water partition coefficient (Wildman–Crippen LogP) is 1.73. The molecule has 1 saturated carbocycles. The van der Waals surface area contributed by atoms with Crippen molar-refractivity contribution >= 4 is 0 Å². The lowest BCUT2D eigenvalue weighted by Gasteiger charge is -2.38. The molecule has 12 heavy (non-hydrogen) atoms. The molecule has 2 rings (SSSR count). The van der Waals surface area contributed by atoms with Crippen LogP contribution in [0, 0.1) is 0 Å². The first kappa shape index (κ1) is 7.62. The van der Waals surface area contributed by atoms with Crippen LogP contribution in [0.15, 0.2) is 24.3 Å². The zero-order valence-electron chi connectivity index (χ0n) is 6.96. The van der Waals surface area contributed by atoms with Crippen LogP contribution in [0.25, 0.3) is 0 Å². The van der Waals surface area contributed by atoms with E-state index in [0.29, 0.717) is 5.75 Å². The smallest absolute Gasteiger partial charge is 0.115 e. The molecule has 0 bridgehead atoms. The van der Waals surface area contributed by atoms with Crippen molar-refractivity contribution in [1.82, 2.24) is 0 Å². The summed E-state index contributed by atoms with van der Waals surface area (Å²) < 4.78 is 0. The van der Waals surface area contributed by atoms with Crippen LogP contribution in [0.2, 0.25) is 0 Å². The topological polar surface area (TPSA) is 46.2 Å². The van der Waals surface area contributed by atoms with Crippen molar-refractivity contribution in [3.05, 3.63) is 29.8 Å². The highest BCUT2D eigenvalue weighted by atomic mass is 16.3. The molecule has 0 aromatic heterocycles. The van der Waals surface area contributed by atoms with Gasteiger partial charge in [-0.05, 0) is 37.0 Å². The van der Waals surface area contributed by atoms with Crippen LogP contribution < -0.4 is 5.73 Å². The summed E-state index contributed by atoms with van der Waals surface area (Å²) >= 11 is 0. The number of nitrogens with two attached hydrogens (primary N) is 1. The van der Waals surface area contributed by atoms with Crippen molar-refractivity contribution < 1.29 is 5.11 Å². The number of hydrogen-bond acceptors (Lipinski definition) is 2. The maximum atomic E-state index is 9.24.